The monoisotopic (exact) mass is 508 g/mol. The van der Waals surface area contributed by atoms with E-state index in [1.165, 1.54) is 11.3 Å². The summed E-state index contributed by atoms with van der Waals surface area (Å²) in [5.74, 6) is 2.44. The first-order valence-corrected chi connectivity index (χ1v) is 11.0. The van der Waals surface area contributed by atoms with E-state index in [-0.39, 0.29) is 69.1 Å². The van der Waals surface area contributed by atoms with Crippen LogP contribution in [-0.4, -0.2) is 25.1 Å². The van der Waals surface area contributed by atoms with Gasteiger partial charge in [-0.05, 0) is 12.5 Å². The van der Waals surface area contributed by atoms with Gasteiger partial charge >= 0.3 is 0 Å². The fourth-order valence-electron chi connectivity index (χ4n) is 2.68. The van der Waals surface area contributed by atoms with Crippen LogP contribution in [0.4, 0.5) is 5.82 Å². The number of aromatic nitrogens is 1. The van der Waals surface area contributed by atoms with Crippen molar-refractivity contribution in [3.05, 3.63) is 52.7 Å². The summed E-state index contributed by atoms with van der Waals surface area (Å²) < 4.78 is 27.5. The minimum Gasteiger partial charge on any atom is -0.505 e. The number of anilines is 1. The second-order valence-corrected chi connectivity index (χ2v) is 8.90. The molecule has 1 aliphatic heterocycles. The van der Waals surface area contributed by atoms with Gasteiger partial charge in [-0.2, -0.15) is 0 Å². The average Bonchev–Trinajstić information content (AvgIpc) is 3.07. The number of hydrogen-bond acceptors (Lipinski definition) is 5. The molecule has 1 aliphatic rings. The maximum Gasteiger partial charge on any atom is 0.270 e. The number of aryl methyl sites for hydroxylation is 1. The number of aliphatic hydroxyl groups is 1. The van der Waals surface area contributed by atoms with Crippen molar-refractivity contribution in [2.24, 2.45) is 0 Å². The molecular weight excluding hydrogens is 481 g/mol. The summed E-state index contributed by atoms with van der Waals surface area (Å²) in [6.45, 7) is 9.60. The second-order valence-electron chi connectivity index (χ2n) is 6.07. The van der Waals surface area contributed by atoms with E-state index in [1.54, 1.807) is 25.1 Å². The molecule has 0 atom stereocenters. The van der Waals surface area contributed by atoms with Crippen LogP contribution in [0, 0.1) is 26.7 Å². The van der Waals surface area contributed by atoms with E-state index in [9.17, 15) is 13.5 Å². The van der Waals surface area contributed by atoms with Crippen LogP contribution in [0.2, 0.25) is 0 Å². The minimum absolute atomic E-state index is 0. The summed E-state index contributed by atoms with van der Waals surface area (Å²) in [5.41, 5.74) is 1.22. The summed E-state index contributed by atoms with van der Waals surface area (Å²) in [6, 6.07) is 7.05. The molecule has 0 spiro atoms. The molecular formula is C21H27N2O3S2Y-. The van der Waals surface area contributed by atoms with Gasteiger partial charge in [0.05, 0.1) is 11.6 Å². The minimum atomic E-state index is -4.01. The molecule has 1 aromatic carbocycles. The Morgan fingerprint density at radius 3 is 2.38 bits per heavy atom. The van der Waals surface area contributed by atoms with Crippen molar-refractivity contribution in [2.45, 2.75) is 40.5 Å². The first-order chi connectivity index (χ1) is 12.8. The smallest absolute Gasteiger partial charge is 0.270 e. The van der Waals surface area contributed by atoms with Crippen LogP contribution in [0.1, 0.15) is 54.6 Å². The zero-order chi connectivity index (χ0) is 20.4. The van der Waals surface area contributed by atoms with Gasteiger partial charge in [0.2, 0.25) is 0 Å². The zero-order valence-corrected chi connectivity index (χ0v) is 22.2. The third-order valence-corrected chi connectivity index (χ3v) is 7.12. The average molecular weight is 508 g/mol. The Bertz CT molecular complexity index is 1020. The zero-order valence-electron chi connectivity index (χ0n) is 17.7. The molecule has 0 fully saturated rings. The van der Waals surface area contributed by atoms with E-state index in [0.717, 1.165) is 14.9 Å². The Balaban J connectivity index is 0.00000190. The van der Waals surface area contributed by atoms with Crippen molar-refractivity contribution in [1.82, 2.24) is 4.98 Å². The van der Waals surface area contributed by atoms with Gasteiger partial charge in [0.1, 0.15) is 9.78 Å². The van der Waals surface area contributed by atoms with Crippen molar-refractivity contribution < 1.29 is 46.2 Å². The van der Waals surface area contributed by atoms with Gasteiger partial charge in [-0.25, -0.2) is 17.7 Å². The Morgan fingerprint density at radius 2 is 1.86 bits per heavy atom. The number of aliphatic hydroxyl groups excluding tert-OH is 1. The van der Waals surface area contributed by atoms with Crippen molar-refractivity contribution in [3.8, 4) is 12.3 Å². The van der Waals surface area contributed by atoms with Crippen molar-refractivity contribution >= 4 is 37.8 Å². The molecule has 0 saturated carbocycles. The predicted molar refractivity (Wildman–Crippen MR) is 120 cm³/mol. The molecule has 1 aromatic heterocycles. The topological polar surface area (TPSA) is 70.5 Å². The summed E-state index contributed by atoms with van der Waals surface area (Å²) >= 11 is 1.29. The molecule has 0 unspecified atom stereocenters. The number of benzene rings is 1. The molecule has 0 amide bonds. The number of thiazole rings is 1. The fourth-order valence-corrected chi connectivity index (χ4v) is 5.51. The molecule has 0 aliphatic carbocycles. The molecule has 1 radical (unpaired) electrons. The van der Waals surface area contributed by atoms with Gasteiger partial charge < -0.3 is 12.5 Å². The normalized spacial score (nSPS) is 14.0. The van der Waals surface area contributed by atoms with Gasteiger partial charge in [-0.3, -0.25) is 0 Å². The summed E-state index contributed by atoms with van der Waals surface area (Å²) in [6.07, 6.45) is 5.39. The van der Waals surface area contributed by atoms with E-state index in [2.05, 4.69) is 10.9 Å². The van der Waals surface area contributed by atoms with Crippen molar-refractivity contribution in [1.29, 1.82) is 0 Å². The first-order valence-electron chi connectivity index (χ1n) is 8.75. The quantitative estimate of drug-likeness (QED) is 0.456. The standard InChI is InChI=1S/C18H18N2O3S2.C2H6.CH3.Y/c1-5-10-20-17-15(24-18(19-17)11(2)3)14(21)16(25(20,22)23)13-9-7-6-8-12(13)4;1-2;;/h1,6-9,11,21H,10H2,2-4H3;1-2H3;1H3;/q;;-1;. The Hall–Kier alpha value is -1.20. The first kappa shape index (κ1) is 27.8. The largest absolute Gasteiger partial charge is 0.505 e. The summed E-state index contributed by atoms with van der Waals surface area (Å²) in [4.78, 5) is 4.74. The van der Waals surface area contributed by atoms with E-state index < -0.39 is 10.0 Å². The number of nitrogens with zero attached hydrogens (tertiary/aromatic N) is 2. The van der Waals surface area contributed by atoms with Gasteiger partial charge in [-0.15, -0.1) is 17.8 Å². The third kappa shape index (κ3) is 5.11. The van der Waals surface area contributed by atoms with Gasteiger partial charge in [0, 0.05) is 44.2 Å². The molecule has 1 N–H and O–H groups in total. The molecule has 3 rings (SSSR count). The molecule has 155 valence electrons. The molecule has 8 heteroatoms. The maximum absolute atomic E-state index is 13.2. The van der Waals surface area contributed by atoms with Gasteiger partial charge in [-0.1, -0.05) is 57.9 Å². The summed E-state index contributed by atoms with van der Waals surface area (Å²) in [7, 11) is -4.01. The Kier molecular flexibility index (Phi) is 10.8. The Labute approximate surface area is 204 Å². The SMILES string of the molecule is C#CCN1c2nc(C(C)C)sc2C(O)=C(c2ccccc2C)S1(=O)=O.CC.[CH3-].[Y]. The van der Waals surface area contributed by atoms with E-state index >= 15 is 0 Å². The van der Waals surface area contributed by atoms with Crippen molar-refractivity contribution in [2.75, 3.05) is 10.8 Å². The molecule has 2 aromatic rings. The van der Waals surface area contributed by atoms with Crippen LogP contribution in [-0.2, 0) is 42.7 Å². The molecule has 29 heavy (non-hydrogen) atoms. The number of rotatable bonds is 3. The van der Waals surface area contributed by atoms with Gasteiger partial charge in [0.15, 0.2) is 11.6 Å². The van der Waals surface area contributed by atoms with E-state index in [4.69, 9.17) is 6.42 Å². The second kappa shape index (κ2) is 11.3. The number of terminal acetylenes is 1. The van der Waals surface area contributed by atoms with E-state index in [1.807, 2.05) is 33.8 Å². The molecule has 0 bridgehead atoms. The van der Waals surface area contributed by atoms with Crippen LogP contribution < -0.4 is 4.31 Å². The van der Waals surface area contributed by atoms with Gasteiger partial charge in [0.25, 0.3) is 10.0 Å². The van der Waals surface area contributed by atoms with E-state index in [0.29, 0.717) is 10.4 Å². The summed E-state index contributed by atoms with van der Waals surface area (Å²) in [5, 5.41) is 11.6. The number of sulfonamides is 1. The molecule has 0 saturated heterocycles. The molecule has 2 heterocycles. The van der Waals surface area contributed by atoms with Crippen LogP contribution >= 0.6 is 11.3 Å². The van der Waals surface area contributed by atoms with Crippen LogP contribution in [0.25, 0.3) is 10.7 Å². The van der Waals surface area contributed by atoms with Crippen LogP contribution in [0.15, 0.2) is 24.3 Å². The fraction of sp³-hybridized carbons (Fsp3) is 0.333. The molecule has 5 nitrogen and oxygen atoms in total. The maximum atomic E-state index is 13.2. The third-order valence-electron chi connectivity index (χ3n) is 3.96. The number of fused-ring (bicyclic) bond motifs is 1. The van der Waals surface area contributed by atoms with Crippen LogP contribution in [0.3, 0.4) is 0 Å². The van der Waals surface area contributed by atoms with Crippen molar-refractivity contribution in [3.63, 3.8) is 0 Å². The van der Waals surface area contributed by atoms with Crippen LogP contribution in [0.5, 0.6) is 0 Å². The Morgan fingerprint density at radius 1 is 1.28 bits per heavy atom. The number of hydrogen-bond donors (Lipinski definition) is 1. The predicted octanol–water partition coefficient (Wildman–Crippen LogP) is 5.22.